The van der Waals surface area contributed by atoms with E-state index >= 15 is 0 Å². The van der Waals surface area contributed by atoms with Crippen LogP contribution in [0.3, 0.4) is 0 Å². The van der Waals surface area contributed by atoms with Crippen LogP contribution in [0.4, 0.5) is 0 Å². The van der Waals surface area contributed by atoms with Crippen molar-refractivity contribution >= 4 is 0 Å². The van der Waals surface area contributed by atoms with Gasteiger partial charge in [0, 0.05) is 0 Å². The maximum absolute atomic E-state index is 9.57. The Balaban J connectivity index is 2.06. The number of aliphatic hydroxyl groups is 1. The summed E-state index contributed by atoms with van der Waals surface area (Å²) in [5.41, 5.74) is 0. The van der Waals surface area contributed by atoms with Crippen molar-refractivity contribution in [3.63, 3.8) is 0 Å². The monoisotopic (exact) mass is 234 g/mol. The Hall–Kier alpha value is -0.740. The largest absolute Gasteiger partial charge is 0.380 e. The van der Waals surface area contributed by atoms with Crippen LogP contribution < -0.4 is 0 Å². The van der Waals surface area contributed by atoms with Crippen LogP contribution in [0.25, 0.3) is 0 Å². The average molecular weight is 234 g/mol. The van der Waals surface area contributed by atoms with Gasteiger partial charge in [0.25, 0.3) is 0 Å². The molecule has 0 bridgehead atoms. The highest BCUT2D eigenvalue weighted by Crippen LogP contribution is 2.43. The third kappa shape index (κ3) is 6.54. The molecule has 1 aliphatic rings. The summed E-state index contributed by atoms with van der Waals surface area (Å²) in [6.07, 6.45) is 11.8. The standard InChI is InChI=1S/C16H26O/c1-3-5-7-11-16(17)12-9-6-8-10-15-13-14(15)4-2/h6,8,14-17H,3-5,7,10-11,13H2,1-2H3/b8-6+. The zero-order valence-corrected chi connectivity index (χ0v) is 11.3. The van der Waals surface area contributed by atoms with Gasteiger partial charge in [-0.2, -0.15) is 0 Å². The Labute approximate surface area is 106 Å². The van der Waals surface area contributed by atoms with Gasteiger partial charge >= 0.3 is 0 Å². The molecule has 3 atom stereocenters. The van der Waals surface area contributed by atoms with Gasteiger partial charge in [-0.15, -0.1) is 0 Å². The van der Waals surface area contributed by atoms with Gasteiger partial charge in [0.1, 0.15) is 6.10 Å². The minimum atomic E-state index is -0.435. The van der Waals surface area contributed by atoms with Crippen LogP contribution >= 0.6 is 0 Å². The fourth-order valence-corrected chi connectivity index (χ4v) is 2.20. The molecule has 0 heterocycles. The van der Waals surface area contributed by atoms with E-state index in [4.69, 9.17) is 0 Å². The molecule has 0 aromatic heterocycles. The van der Waals surface area contributed by atoms with Crippen LogP contribution in [0.15, 0.2) is 12.2 Å². The van der Waals surface area contributed by atoms with Crippen LogP contribution in [0, 0.1) is 23.7 Å². The van der Waals surface area contributed by atoms with Crippen molar-refractivity contribution in [3.05, 3.63) is 12.2 Å². The molecule has 1 N–H and O–H groups in total. The van der Waals surface area contributed by atoms with Crippen LogP contribution in [0.2, 0.25) is 0 Å². The number of hydrogen-bond donors (Lipinski definition) is 1. The van der Waals surface area contributed by atoms with E-state index in [1.165, 1.54) is 32.1 Å². The second kappa shape index (κ2) is 8.37. The van der Waals surface area contributed by atoms with E-state index in [0.717, 1.165) is 24.7 Å². The Kier molecular flexibility index (Phi) is 7.05. The third-order valence-corrected chi connectivity index (χ3v) is 3.56. The molecule has 0 amide bonds. The smallest absolute Gasteiger partial charge is 0.115 e. The van der Waals surface area contributed by atoms with Gasteiger partial charge in [0.2, 0.25) is 0 Å². The van der Waals surface area contributed by atoms with Crippen molar-refractivity contribution in [1.82, 2.24) is 0 Å². The lowest BCUT2D eigenvalue weighted by Gasteiger charge is -2.00. The SMILES string of the molecule is CCCCCC(O)C#C/C=C/CC1CC1CC. The quantitative estimate of drug-likeness (QED) is 0.523. The van der Waals surface area contributed by atoms with E-state index in [1.54, 1.807) is 0 Å². The number of hydrogen-bond acceptors (Lipinski definition) is 1. The molecule has 3 unspecified atom stereocenters. The molecule has 0 saturated heterocycles. The highest BCUT2D eigenvalue weighted by molar-refractivity contribution is 5.18. The number of allylic oxidation sites excluding steroid dienone is 2. The molecule has 1 heteroatoms. The van der Waals surface area contributed by atoms with Gasteiger partial charge in [0.15, 0.2) is 0 Å². The fourth-order valence-electron chi connectivity index (χ4n) is 2.20. The molecular weight excluding hydrogens is 208 g/mol. The van der Waals surface area contributed by atoms with Gasteiger partial charge in [0.05, 0.1) is 0 Å². The second-order valence-electron chi connectivity index (χ2n) is 5.10. The van der Waals surface area contributed by atoms with Gasteiger partial charge < -0.3 is 5.11 Å². The molecule has 1 saturated carbocycles. The molecule has 0 aliphatic heterocycles. The normalized spacial score (nSPS) is 24.4. The van der Waals surface area contributed by atoms with E-state index in [2.05, 4.69) is 31.8 Å². The Morgan fingerprint density at radius 3 is 2.76 bits per heavy atom. The van der Waals surface area contributed by atoms with Crippen LogP contribution in [-0.4, -0.2) is 11.2 Å². The molecule has 0 aromatic carbocycles. The minimum Gasteiger partial charge on any atom is -0.380 e. The Bertz CT molecular complexity index is 282. The first-order chi connectivity index (χ1) is 8.27. The highest BCUT2D eigenvalue weighted by atomic mass is 16.3. The lowest BCUT2D eigenvalue weighted by Crippen LogP contribution is -2.01. The van der Waals surface area contributed by atoms with Crippen molar-refractivity contribution in [1.29, 1.82) is 0 Å². The number of unbranched alkanes of at least 4 members (excludes halogenated alkanes) is 2. The molecule has 96 valence electrons. The van der Waals surface area contributed by atoms with Crippen LogP contribution in [0.5, 0.6) is 0 Å². The third-order valence-electron chi connectivity index (χ3n) is 3.56. The number of aliphatic hydroxyl groups excluding tert-OH is 1. The molecule has 1 nitrogen and oxygen atoms in total. The zero-order valence-electron chi connectivity index (χ0n) is 11.3. The van der Waals surface area contributed by atoms with Gasteiger partial charge in [-0.25, -0.2) is 0 Å². The van der Waals surface area contributed by atoms with Gasteiger partial charge in [-0.3, -0.25) is 0 Å². The van der Waals surface area contributed by atoms with Crippen molar-refractivity contribution in [3.8, 4) is 11.8 Å². The topological polar surface area (TPSA) is 20.2 Å². The Morgan fingerprint density at radius 1 is 1.29 bits per heavy atom. The maximum Gasteiger partial charge on any atom is 0.115 e. The molecule has 0 radical (unpaired) electrons. The zero-order chi connectivity index (χ0) is 12.5. The van der Waals surface area contributed by atoms with Crippen molar-refractivity contribution in [2.24, 2.45) is 11.8 Å². The first-order valence-corrected chi connectivity index (χ1v) is 7.12. The predicted octanol–water partition coefficient (Wildman–Crippen LogP) is 3.92. The molecule has 0 spiro atoms. The average Bonchev–Trinajstić information content (AvgIpc) is 3.08. The fraction of sp³-hybridized carbons (Fsp3) is 0.750. The van der Waals surface area contributed by atoms with Gasteiger partial charge in [-0.05, 0) is 43.6 Å². The summed E-state index contributed by atoms with van der Waals surface area (Å²) in [6, 6.07) is 0. The molecule has 17 heavy (non-hydrogen) atoms. The lowest BCUT2D eigenvalue weighted by atomic mass is 10.1. The van der Waals surface area contributed by atoms with E-state index in [1.807, 2.05) is 6.08 Å². The molecule has 0 aromatic rings. The van der Waals surface area contributed by atoms with Crippen LogP contribution in [0.1, 0.15) is 58.8 Å². The summed E-state index contributed by atoms with van der Waals surface area (Å²) >= 11 is 0. The first kappa shape index (κ1) is 14.3. The van der Waals surface area contributed by atoms with E-state index in [-0.39, 0.29) is 0 Å². The lowest BCUT2D eigenvalue weighted by molar-refractivity contribution is 0.217. The minimum absolute atomic E-state index is 0.435. The summed E-state index contributed by atoms with van der Waals surface area (Å²) in [7, 11) is 0. The van der Waals surface area contributed by atoms with E-state index in [9.17, 15) is 5.11 Å². The van der Waals surface area contributed by atoms with Gasteiger partial charge in [-0.1, -0.05) is 51.0 Å². The number of rotatable bonds is 7. The van der Waals surface area contributed by atoms with Crippen molar-refractivity contribution < 1.29 is 5.11 Å². The molecular formula is C16H26O. The first-order valence-electron chi connectivity index (χ1n) is 7.12. The summed E-state index contributed by atoms with van der Waals surface area (Å²) in [5.74, 6) is 7.70. The summed E-state index contributed by atoms with van der Waals surface area (Å²) in [5, 5.41) is 9.57. The second-order valence-corrected chi connectivity index (χ2v) is 5.10. The van der Waals surface area contributed by atoms with Crippen molar-refractivity contribution in [2.45, 2.75) is 64.9 Å². The van der Waals surface area contributed by atoms with Crippen molar-refractivity contribution in [2.75, 3.05) is 0 Å². The van der Waals surface area contributed by atoms with E-state index < -0.39 is 6.10 Å². The molecule has 1 aliphatic carbocycles. The van der Waals surface area contributed by atoms with E-state index in [0.29, 0.717) is 0 Å². The molecule has 1 rings (SSSR count). The summed E-state index contributed by atoms with van der Waals surface area (Å²) < 4.78 is 0. The van der Waals surface area contributed by atoms with Crippen LogP contribution in [-0.2, 0) is 0 Å². The maximum atomic E-state index is 9.57. The molecule has 1 fully saturated rings. The Morgan fingerprint density at radius 2 is 2.12 bits per heavy atom. The predicted molar refractivity (Wildman–Crippen MR) is 73.6 cm³/mol. The highest BCUT2D eigenvalue weighted by Gasteiger charge is 2.33. The summed E-state index contributed by atoms with van der Waals surface area (Å²) in [4.78, 5) is 0. The summed E-state index contributed by atoms with van der Waals surface area (Å²) in [6.45, 7) is 4.43.